The topological polar surface area (TPSA) is 0 Å². The Morgan fingerprint density at radius 1 is 0.833 bits per heavy atom. The van der Waals surface area contributed by atoms with Crippen molar-refractivity contribution in [1.82, 2.24) is 0 Å². The van der Waals surface area contributed by atoms with Crippen LogP contribution < -0.4 is 0 Å². The van der Waals surface area contributed by atoms with E-state index in [2.05, 4.69) is 74.5 Å². The van der Waals surface area contributed by atoms with E-state index in [1.807, 2.05) is 6.07 Å². The van der Waals surface area contributed by atoms with Crippen molar-refractivity contribution in [3.05, 3.63) is 71.3 Å². The Labute approximate surface area is 110 Å². The van der Waals surface area contributed by atoms with Crippen LogP contribution in [-0.2, 0) is 6.42 Å². The first-order valence-corrected chi connectivity index (χ1v) is 6.56. The summed E-state index contributed by atoms with van der Waals surface area (Å²) in [5, 5.41) is 0. The summed E-state index contributed by atoms with van der Waals surface area (Å²) >= 11 is 0. The van der Waals surface area contributed by atoms with E-state index in [1.165, 1.54) is 16.7 Å². The molecule has 0 nitrogen and oxygen atoms in total. The SMILES string of the molecule is CC(C)Cc1cccc(C=Cc2ccccc2)c1. The van der Waals surface area contributed by atoms with E-state index in [0.29, 0.717) is 5.92 Å². The first kappa shape index (κ1) is 12.6. The molecule has 0 unspecified atom stereocenters. The van der Waals surface area contributed by atoms with Gasteiger partial charge in [0, 0.05) is 0 Å². The average Bonchev–Trinajstić information content (AvgIpc) is 2.37. The van der Waals surface area contributed by atoms with E-state index < -0.39 is 0 Å². The number of benzene rings is 2. The van der Waals surface area contributed by atoms with Crippen molar-refractivity contribution in [2.45, 2.75) is 20.3 Å². The van der Waals surface area contributed by atoms with Gasteiger partial charge in [0.2, 0.25) is 0 Å². The normalized spacial score (nSPS) is 11.3. The lowest BCUT2D eigenvalue weighted by Crippen LogP contribution is -1.93. The molecular weight excluding hydrogens is 216 g/mol. The molecule has 0 saturated heterocycles. The third-order valence-electron chi connectivity index (χ3n) is 2.86. The highest BCUT2D eigenvalue weighted by molar-refractivity contribution is 5.69. The predicted octanol–water partition coefficient (Wildman–Crippen LogP) is 5.06. The molecule has 2 aromatic carbocycles. The lowest BCUT2D eigenvalue weighted by molar-refractivity contribution is 0.647. The Hall–Kier alpha value is -1.82. The first-order valence-electron chi connectivity index (χ1n) is 6.56. The van der Waals surface area contributed by atoms with Crippen molar-refractivity contribution >= 4 is 12.2 Å². The zero-order valence-corrected chi connectivity index (χ0v) is 11.1. The van der Waals surface area contributed by atoms with E-state index in [-0.39, 0.29) is 0 Å². The molecule has 0 atom stereocenters. The number of hydrogen-bond acceptors (Lipinski definition) is 0. The fourth-order valence-corrected chi connectivity index (χ4v) is 2.05. The lowest BCUT2D eigenvalue weighted by atomic mass is 10.0. The van der Waals surface area contributed by atoms with Crippen LogP contribution in [0.4, 0.5) is 0 Å². The lowest BCUT2D eigenvalue weighted by Gasteiger charge is -2.05. The molecule has 0 N–H and O–H groups in total. The molecule has 0 aromatic heterocycles. The quantitative estimate of drug-likeness (QED) is 0.651. The van der Waals surface area contributed by atoms with Gasteiger partial charge in [0.15, 0.2) is 0 Å². The highest BCUT2D eigenvalue weighted by Gasteiger charge is 1.97. The van der Waals surface area contributed by atoms with Crippen LogP contribution in [0.5, 0.6) is 0 Å². The monoisotopic (exact) mass is 236 g/mol. The van der Waals surface area contributed by atoms with E-state index in [9.17, 15) is 0 Å². The van der Waals surface area contributed by atoms with Crippen LogP contribution in [0.2, 0.25) is 0 Å². The molecule has 0 spiro atoms. The largest absolute Gasteiger partial charge is 0.0625 e. The molecule has 0 aliphatic carbocycles. The maximum absolute atomic E-state index is 2.28. The Morgan fingerprint density at radius 2 is 1.50 bits per heavy atom. The average molecular weight is 236 g/mol. The van der Waals surface area contributed by atoms with E-state index >= 15 is 0 Å². The summed E-state index contributed by atoms with van der Waals surface area (Å²) in [6.07, 6.45) is 5.49. The third-order valence-corrected chi connectivity index (χ3v) is 2.86. The Morgan fingerprint density at radius 3 is 2.22 bits per heavy atom. The second kappa shape index (κ2) is 6.20. The molecule has 2 rings (SSSR count). The first-order chi connectivity index (χ1) is 8.74. The second-order valence-corrected chi connectivity index (χ2v) is 5.09. The maximum atomic E-state index is 2.28. The Bertz CT molecular complexity index is 507. The van der Waals surface area contributed by atoms with E-state index in [0.717, 1.165) is 6.42 Å². The summed E-state index contributed by atoms with van der Waals surface area (Å²) in [5.74, 6) is 0.707. The van der Waals surface area contributed by atoms with Crippen LogP contribution in [0.15, 0.2) is 54.6 Å². The maximum Gasteiger partial charge on any atom is -0.0254 e. The molecule has 2 aromatic rings. The molecule has 0 aliphatic heterocycles. The summed E-state index contributed by atoms with van der Waals surface area (Å²) in [7, 11) is 0. The number of hydrogen-bond donors (Lipinski definition) is 0. The van der Waals surface area contributed by atoms with Crippen molar-refractivity contribution in [1.29, 1.82) is 0 Å². The molecule has 18 heavy (non-hydrogen) atoms. The summed E-state index contributed by atoms with van der Waals surface area (Å²) in [6.45, 7) is 4.51. The van der Waals surface area contributed by atoms with Crippen LogP contribution in [0.3, 0.4) is 0 Å². The summed E-state index contributed by atoms with van der Waals surface area (Å²) in [5.41, 5.74) is 3.93. The third kappa shape index (κ3) is 3.89. The fraction of sp³-hybridized carbons (Fsp3) is 0.222. The van der Waals surface area contributed by atoms with Crippen LogP contribution in [0.1, 0.15) is 30.5 Å². The van der Waals surface area contributed by atoms with Gasteiger partial charge in [0.25, 0.3) is 0 Å². The van der Waals surface area contributed by atoms with Crippen molar-refractivity contribution in [3.8, 4) is 0 Å². The zero-order valence-electron chi connectivity index (χ0n) is 11.1. The zero-order chi connectivity index (χ0) is 12.8. The molecule has 92 valence electrons. The Balaban J connectivity index is 2.12. The molecule has 0 bridgehead atoms. The molecule has 0 heterocycles. The molecular formula is C18H20. The minimum Gasteiger partial charge on any atom is -0.0625 e. The molecule has 0 heteroatoms. The van der Waals surface area contributed by atoms with Crippen molar-refractivity contribution < 1.29 is 0 Å². The van der Waals surface area contributed by atoms with Crippen LogP contribution >= 0.6 is 0 Å². The van der Waals surface area contributed by atoms with Gasteiger partial charge < -0.3 is 0 Å². The summed E-state index contributed by atoms with van der Waals surface area (Å²) in [4.78, 5) is 0. The summed E-state index contributed by atoms with van der Waals surface area (Å²) in [6, 6.07) is 19.2. The van der Waals surface area contributed by atoms with Gasteiger partial charge in [-0.3, -0.25) is 0 Å². The van der Waals surface area contributed by atoms with Crippen LogP contribution in [0.25, 0.3) is 12.2 Å². The Kier molecular flexibility index (Phi) is 4.35. The van der Waals surface area contributed by atoms with Gasteiger partial charge in [-0.25, -0.2) is 0 Å². The molecule has 0 fully saturated rings. The predicted molar refractivity (Wildman–Crippen MR) is 80.4 cm³/mol. The molecule has 0 aliphatic rings. The van der Waals surface area contributed by atoms with Gasteiger partial charge in [0.1, 0.15) is 0 Å². The van der Waals surface area contributed by atoms with E-state index in [1.54, 1.807) is 0 Å². The van der Waals surface area contributed by atoms with Crippen LogP contribution in [-0.4, -0.2) is 0 Å². The van der Waals surface area contributed by atoms with Crippen LogP contribution in [0, 0.1) is 5.92 Å². The standard InChI is InChI=1S/C18H20/c1-15(2)13-18-10-6-9-17(14-18)12-11-16-7-4-3-5-8-16/h3-12,14-15H,13H2,1-2H3. The number of rotatable bonds is 4. The smallest absolute Gasteiger partial charge is 0.0254 e. The van der Waals surface area contributed by atoms with Gasteiger partial charge >= 0.3 is 0 Å². The van der Waals surface area contributed by atoms with Gasteiger partial charge in [-0.15, -0.1) is 0 Å². The molecule has 0 radical (unpaired) electrons. The summed E-state index contributed by atoms with van der Waals surface area (Å²) < 4.78 is 0. The highest BCUT2D eigenvalue weighted by atomic mass is 14.0. The van der Waals surface area contributed by atoms with Gasteiger partial charge in [-0.1, -0.05) is 80.6 Å². The van der Waals surface area contributed by atoms with E-state index in [4.69, 9.17) is 0 Å². The van der Waals surface area contributed by atoms with Crippen molar-refractivity contribution in [2.24, 2.45) is 5.92 Å². The molecule has 0 saturated carbocycles. The minimum absolute atomic E-state index is 0.707. The van der Waals surface area contributed by atoms with Gasteiger partial charge in [0.05, 0.1) is 0 Å². The second-order valence-electron chi connectivity index (χ2n) is 5.09. The minimum atomic E-state index is 0.707. The highest BCUT2D eigenvalue weighted by Crippen LogP contribution is 2.13. The van der Waals surface area contributed by atoms with Gasteiger partial charge in [-0.2, -0.15) is 0 Å². The van der Waals surface area contributed by atoms with Crippen molar-refractivity contribution in [2.75, 3.05) is 0 Å². The fourth-order valence-electron chi connectivity index (χ4n) is 2.05. The van der Waals surface area contributed by atoms with Gasteiger partial charge in [-0.05, 0) is 29.0 Å². The molecule has 0 amide bonds. The van der Waals surface area contributed by atoms with Crippen molar-refractivity contribution in [3.63, 3.8) is 0 Å².